The third-order valence-electron chi connectivity index (χ3n) is 2.60. The van der Waals surface area contributed by atoms with Crippen LogP contribution in [0.4, 0.5) is 14.5 Å². The molecule has 0 aliphatic heterocycles. The summed E-state index contributed by atoms with van der Waals surface area (Å²) in [6, 6.07) is 8.49. The van der Waals surface area contributed by atoms with Gasteiger partial charge >= 0.3 is 0 Å². The van der Waals surface area contributed by atoms with Crippen molar-refractivity contribution in [1.29, 1.82) is 0 Å². The van der Waals surface area contributed by atoms with Crippen molar-refractivity contribution in [2.24, 2.45) is 0 Å². The fraction of sp³-hybridized carbons (Fsp3) is 0.0714. The van der Waals surface area contributed by atoms with Gasteiger partial charge in [-0.05, 0) is 36.8 Å². The van der Waals surface area contributed by atoms with Gasteiger partial charge in [0.2, 0.25) is 0 Å². The summed E-state index contributed by atoms with van der Waals surface area (Å²) in [6.07, 6.45) is 0. The molecule has 2 nitrogen and oxygen atoms in total. The quantitative estimate of drug-likeness (QED) is 0.804. The zero-order chi connectivity index (χ0) is 14.0. The summed E-state index contributed by atoms with van der Waals surface area (Å²) >= 11 is 4.11. The van der Waals surface area contributed by atoms with Crippen molar-refractivity contribution in [1.82, 2.24) is 0 Å². The Hall–Kier alpha value is -1.88. The molecule has 1 amide bonds. The number of rotatable bonds is 2. The predicted octanol–water partition coefficient (Wildman–Crippen LogP) is 3.81. The molecule has 2 aromatic carbocycles. The van der Waals surface area contributed by atoms with Crippen molar-refractivity contribution in [2.45, 2.75) is 11.8 Å². The van der Waals surface area contributed by atoms with Crippen LogP contribution < -0.4 is 5.32 Å². The number of halogens is 2. The van der Waals surface area contributed by atoms with E-state index < -0.39 is 17.5 Å². The summed E-state index contributed by atoms with van der Waals surface area (Å²) in [5.74, 6) is -1.76. The van der Waals surface area contributed by atoms with Crippen LogP contribution in [0.5, 0.6) is 0 Å². The predicted molar refractivity (Wildman–Crippen MR) is 72.7 cm³/mol. The lowest BCUT2D eigenvalue weighted by atomic mass is 10.1. The van der Waals surface area contributed by atoms with E-state index >= 15 is 0 Å². The Morgan fingerprint density at radius 3 is 2.58 bits per heavy atom. The minimum absolute atomic E-state index is 0.183. The smallest absolute Gasteiger partial charge is 0.255 e. The number of hydrogen-bond donors (Lipinski definition) is 2. The molecule has 0 aliphatic rings. The first-order chi connectivity index (χ1) is 8.97. The molecular formula is C14H11F2NOS. The van der Waals surface area contributed by atoms with E-state index in [9.17, 15) is 13.6 Å². The van der Waals surface area contributed by atoms with Crippen LogP contribution in [-0.2, 0) is 0 Å². The minimum Gasteiger partial charge on any atom is -0.319 e. The van der Waals surface area contributed by atoms with Gasteiger partial charge in [0.1, 0.15) is 11.6 Å². The molecule has 0 saturated carbocycles. The van der Waals surface area contributed by atoms with Crippen molar-refractivity contribution < 1.29 is 13.6 Å². The Morgan fingerprint density at radius 2 is 1.89 bits per heavy atom. The highest BCUT2D eigenvalue weighted by Crippen LogP contribution is 2.20. The fourth-order valence-electron chi connectivity index (χ4n) is 1.58. The van der Waals surface area contributed by atoms with Gasteiger partial charge in [0, 0.05) is 16.5 Å². The van der Waals surface area contributed by atoms with E-state index in [1.165, 1.54) is 6.92 Å². The van der Waals surface area contributed by atoms with E-state index in [-0.39, 0.29) is 11.3 Å². The van der Waals surface area contributed by atoms with Gasteiger partial charge in [-0.2, -0.15) is 0 Å². The van der Waals surface area contributed by atoms with Crippen LogP contribution in [0.3, 0.4) is 0 Å². The largest absolute Gasteiger partial charge is 0.319 e. The van der Waals surface area contributed by atoms with Gasteiger partial charge in [-0.3, -0.25) is 4.79 Å². The molecule has 2 rings (SSSR count). The van der Waals surface area contributed by atoms with E-state index in [1.54, 1.807) is 24.3 Å². The van der Waals surface area contributed by atoms with Crippen LogP contribution in [0, 0.1) is 18.6 Å². The fourth-order valence-corrected chi connectivity index (χ4v) is 1.81. The first-order valence-corrected chi connectivity index (χ1v) is 5.98. The molecule has 0 radical (unpaired) electrons. The normalized spacial score (nSPS) is 10.3. The van der Waals surface area contributed by atoms with Crippen LogP contribution in [0.25, 0.3) is 0 Å². The van der Waals surface area contributed by atoms with Gasteiger partial charge in [0.05, 0.1) is 5.69 Å². The maximum Gasteiger partial charge on any atom is 0.255 e. The number of hydrogen-bond acceptors (Lipinski definition) is 2. The molecule has 2 aromatic rings. The standard InChI is InChI=1S/C14H11F2NOS/c1-8-5-12(16)13(7-11(8)15)17-14(18)9-3-2-4-10(19)6-9/h2-7,19H,1H3,(H,17,18). The van der Waals surface area contributed by atoms with Gasteiger partial charge in [0.15, 0.2) is 0 Å². The van der Waals surface area contributed by atoms with Gasteiger partial charge in [-0.15, -0.1) is 12.6 Å². The molecule has 0 saturated heterocycles. The highest BCUT2D eigenvalue weighted by Gasteiger charge is 2.12. The topological polar surface area (TPSA) is 29.1 Å². The van der Waals surface area contributed by atoms with Crippen molar-refractivity contribution in [2.75, 3.05) is 5.32 Å². The number of nitrogens with one attached hydrogen (secondary N) is 1. The Labute approximate surface area is 114 Å². The average Bonchev–Trinajstić information content (AvgIpc) is 2.36. The summed E-state index contributed by atoms with van der Waals surface area (Å²) in [6.45, 7) is 1.45. The van der Waals surface area contributed by atoms with Gasteiger partial charge in [-0.25, -0.2) is 8.78 Å². The molecule has 19 heavy (non-hydrogen) atoms. The van der Waals surface area contributed by atoms with Crippen LogP contribution in [-0.4, -0.2) is 5.91 Å². The van der Waals surface area contributed by atoms with Crippen molar-refractivity contribution >= 4 is 24.2 Å². The zero-order valence-corrected chi connectivity index (χ0v) is 11.0. The zero-order valence-electron chi connectivity index (χ0n) is 10.1. The van der Waals surface area contributed by atoms with E-state index in [0.717, 1.165) is 12.1 Å². The second-order valence-electron chi connectivity index (χ2n) is 4.09. The lowest BCUT2D eigenvalue weighted by Crippen LogP contribution is -2.13. The van der Waals surface area contributed by atoms with Crippen molar-refractivity contribution in [3.8, 4) is 0 Å². The summed E-state index contributed by atoms with van der Waals surface area (Å²) in [5, 5.41) is 2.33. The lowest BCUT2D eigenvalue weighted by Gasteiger charge is -2.08. The molecule has 0 spiro atoms. The van der Waals surface area contributed by atoms with E-state index in [2.05, 4.69) is 17.9 Å². The molecule has 1 N–H and O–H groups in total. The molecule has 5 heteroatoms. The number of thiol groups is 1. The SMILES string of the molecule is Cc1cc(F)c(NC(=O)c2cccc(S)c2)cc1F. The molecule has 0 bridgehead atoms. The Bertz CT molecular complexity index is 643. The van der Waals surface area contributed by atoms with Gasteiger partial charge in [0.25, 0.3) is 5.91 Å². The van der Waals surface area contributed by atoms with E-state index in [1.807, 2.05) is 0 Å². The third kappa shape index (κ3) is 3.12. The number of carbonyl (C=O) groups excluding carboxylic acids is 1. The summed E-state index contributed by atoms with van der Waals surface area (Å²) < 4.78 is 26.9. The van der Waals surface area contributed by atoms with Gasteiger partial charge < -0.3 is 5.32 Å². The maximum atomic E-state index is 13.6. The van der Waals surface area contributed by atoms with E-state index in [4.69, 9.17) is 0 Å². The third-order valence-corrected chi connectivity index (χ3v) is 2.88. The molecular weight excluding hydrogens is 268 g/mol. The van der Waals surface area contributed by atoms with E-state index in [0.29, 0.717) is 10.5 Å². The van der Waals surface area contributed by atoms with Crippen LogP contribution in [0.15, 0.2) is 41.3 Å². The Kier molecular flexibility index (Phi) is 3.85. The summed E-state index contributed by atoms with van der Waals surface area (Å²) in [5.41, 5.74) is 0.332. The molecule has 98 valence electrons. The first kappa shape index (κ1) is 13.5. The number of aryl methyl sites for hydroxylation is 1. The molecule has 0 heterocycles. The monoisotopic (exact) mass is 279 g/mol. The average molecular weight is 279 g/mol. The first-order valence-electron chi connectivity index (χ1n) is 5.53. The lowest BCUT2D eigenvalue weighted by molar-refractivity contribution is 0.102. The van der Waals surface area contributed by atoms with Crippen molar-refractivity contribution in [3.63, 3.8) is 0 Å². The Morgan fingerprint density at radius 1 is 1.16 bits per heavy atom. The summed E-state index contributed by atoms with van der Waals surface area (Å²) in [7, 11) is 0. The molecule has 0 fully saturated rings. The molecule has 0 aromatic heterocycles. The number of benzene rings is 2. The summed E-state index contributed by atoms with van der Waals surface area (Å²) in [4.78, 5) is 12.5. The van der Waals surface area contributed by atoms with Gasteiger partial charge in [-0.1, -0.05) is 6.07 Å². The second-order valence-corrected chi connectivity index (χ2v) is 4.60. The second kappa shape index (κ2) is 5.40. The number of carbonyl (C=O) groups is 1. The molecule has 0 atom stereocenters. The Balaban J connectivity index is 2.27. The van der Waals surface area contributed by atoms with Crippen LogP contribution >= 0.6 is 12.6 Å². The number of amides is 1. The molecule has 0 unspecified atom stereocenters. The number of anilines is 1. The van der Waals surface area contributed by atoms with Crippen molar-refractivity contribution in [3.05, 3.63) is 59.2 Å². The highest BCUT2D eigenvalue weighted by atomic mass is 32.1. The van der Waals surface area contributed by atoms with Crippen LogP contribution in [0.1, 0.15) is 15.9 Å². The maximum absolute atomic E-state index is 13.6. The minimum atomic E-state index is -0.672. The highest BCUT2D eigenvalue weighted by molar-refractivity contribution is 7.80. The van der Waals surface area contributed by atoms with Crippen LogP contribution in [0.2, 0.25) is 0 Å². The molecule has 0 aliphatic carbocycles.